The van der Waals surface area contributed by atoms with Gasteiger partial charge in [0.2, 0.25) is 0 Å². The van der Waals surface area contributed by atoms with Crippen molar-refractivity contribution in [2.45, 2.75) is 19.9 Å². The smallest absolute Gasteiger partial charge is 0.252 e. The fraction of sp³-hybridized carbons (Fsp3) is 0.267. The average molecular weight is 305 g/mol. The number of hydrogen-bond donors (Lipinski definition) is 2. The highest BCUT2D eigenvalue weighted by molar-refractivity contribution is 7.10. The maximum absolute atomic E-state index is 12.0. The van der Waals surface area contributed by atoms with Crippen molar-refractivity contribution in [3.05, 3.63) is 43.8 Å². The molecule has 0 aliphatic carbocycles. The molecule has 2 rings (SSSR count). The molecule has 0 aromatic carbocycles. The Morgan fingerprint density at radius 1 is 1.40 bits per heavy atom. The van der Waals surface area contributed by atoms with Gasteiger partial charge >= 0.3 is 0 Å². The zero-order valence-electron chi connectivity index (χ0n) is 11.1. The Bertz CT molecular complexity index is 646. The van der Waals surface area contributed by atoms with Gasteiger partial charge in [-0.2, -0.15) is 11.3 Å². The van der Waals surface area contributed by atoms with Gasteiger partial charge in [-0.1, -0.05) is 11.8 Å². The van der Waals surface area contributed by atoms with E-state index in [2.05, 4.69) is 27.9 Å². The molecule has 0 atom stereocenters. The van der Waals surface area contributed by atoms with Crippen LogP contribution in [0.1, 0.15) is 32.8 Å². The van der Waals surface area contributed by atoms with Crippen LogP contribution in [-0.2, 0) is 6.54 Å². The van der Waals surface area contributed by atoms with Crippen molar-refractivity contribution in [3.8, 4) is 11.8 Å². The average Bonchev–Trinajstić information content (AvgIpc) is 3.06. The number of amides is 1. The Kier molecular flexibility index (Phi) is 5.36. The van der Waals surface area contributed by atoms with Gasteiger partial charge < -0.3 is 10.4 Å². The second-order valence-electron chi connectivity index (χ2n) is 4.24. The molecule has 104 valence electrons. The predicted octanol–water partition coefficient (Wildman–Crippen LogP) is 2.78. The normalized spacial score (nSPS) is 9.90. The van der Waals surface area contributed by atoms with Crippen molar-refractivity contribution in [3.63, 3.8) is 0 Å². The summed E-state index contributed by atoms with van der Waals surface area (Å²) in [6, 6.07) is 1.78. The van der Waals surface area contributed by atoms with Gasteiger partial charge in [0.15, 0.2) is 0 Å². The third-order valence-corrected chi connectivity index (χ3v) is 4.47. The Morgan fingerprint density at radius 3 is 2.95 bits per heavy atom. The lowest BCUT2D eigenvalue weighted by atomic mass is 10.2. The van der Waals surface area contributed by atoms with Crippen LogP contribution in [0.15, 0.2) is 22.2 Å². The summed E-state index contributed by atoms with van der Waals surface area (Å²) in [7, 11) is 0. The Morgan fingerprint density at radius 2 is 2.25 bits per heavy atom. The van der Waals surface area contributed by atoms with Crippen LogP contribution in [0.2, 0.25) is 0 Å². The Hall–Kier alpha value is -1.61. The van der Waals surface area contributed by atoms with E-state index in [0.717, 1.165) is 10.4 Å². The summed E-state index contributed by atoms with van der Waals surface area (Å²) < 4.78 is 0. The molecular weight excluding hydrogens is 290 g/mol. The van der Waals surface area contributed by atoms with Crippen molar-refractivity contribution in [2.24, 2.45) is 0 Å². The molecule has 5 heteroatoms. The minimum Gasteiger partial charge on any atom is -0.395 e. The predicted molar refractivity (Wildman–Crippen MR) is 83.1 cm³/mol. The standard InChI is InChI=1S/C15H15NO2S2/c1-11-8-19-9-13(11)7-16-15(18)12-6-14(20-10-12)4-2-3-5-17/h6,8-10,17H,3,5,7H2,1H3,(H,16,18). The maximum Gasteiger partial charge on any atom is 0.252 e. The molecule has 2 aromatic heterocycles. The number of carbonyl (C=O) groups excluding carboxylic acids is 1. The van der Waals surface area contributed by atoms with Gasteiger partial charge in [-0.3, -0.25) is 4.79 Å². The number of rotatable bonds is 4. The van der Waals surface area contributed by atoms with Crippen LogP contribution < -0.4 is 5.32 Å². The summed E-state index contributed by atoms with van der Waals surface area (Å²) in [6.45, 7) is 2.65. The molecule has 0 saturated carbocycles. The summed E-state index contributed by atoms with van der Waals surface area (Å²) in [6.07, 6.45) is 0.455. The molecular formula is C15H15NO2S2. The van der Waals surface area contributed by atoms with E-state index in [1.54, 1.807) is 22.8 Å². The van der Waals surface area contributed by atoms with Gasteiger partial charge in [-0.25, -0.2) is 0 Å². The fourth-order valence-electron chi connectivity index (χ4n) is 1.57. The largest absolute Gasteiger partial charge is 0.395 e. The summed E-state index contributed by atoms with van der Waals surface area (Å²) in [4.78, 5) is 12.8. The zero-order chi connectivity index (χ0) is 14.4. The van der Waals surface area contributed by atoms with Crippen molar-refractivity contribution < 1.29 is 9.90 Å². The summed E-state index contributed by atoms with van der Waals surface area (Å²) >= 11 is 3.08. The monoisotopic (exact) mass is 305 g/mol. The van der Waals surface area contributed by atoms with E-state index < -0.39 is 0 Å². The molecule has 2 N–H and O–H groups in total. The summed E-state index contributed by atoms with van der Waals surface area (Å²) in [5.41, 5.74) is 2.99. The third kappa shape index (κ3) is 3.94. The topological polar surface area (TPSA) is 49.3 Å². The second-order valence-corrected chi connectivity index (χ2v) is 5.89. The van der Waals surface area contributed by atoms with Gasteiger partial charge in [-0.15, -0.1) is 11.3 Å². The molecule has 0 saturated heterocycles. The van der Waals surface area contributed by atoms with Crippen LogP contribution in [-0.4, -0.2) is 17.6 Å². The molecule has 0 aliphatic rings. The van der Waals surface area contributed by atoms with Crippen LogP contribution >= 0.6 is 22.7 Å². The van der Waals surface area contributed by atoms with E-state index in [1.165, 1.54) is 16.9 Å². The fourth-order valence-corrected chi connectivity index (χ4v) is 3.18. The highest BCUT2D eigenvalue weighted by atomic mass is 32.1. The minimum atomic E-state index is -0.0814. The van der Waals surface area contributed by atoms with Crippen LogP contribution in [0.4, 0.5) is 0 Å². The van der Waals surface area contributed by atoms with E-state index in [-0.39, 0.29) is 12.5 Å². The van der Waals surface area contributed by atoms with E-state index in [1.807, 2.05) is 6.92 Å². The highest BCUT2D eigenvalue weighted by Crippen LogP contribution is 2.15. The number of aliphatic hydroxyl groups is 1. The Balaban J connectivity index is 1.93. The molecule has 0 bridgehead atoms. The minimum absolute atomic E-state index is 0.0612. The molecule has 0 spiro atoms. The number of aliphatic hydroxyl groups excluding tert-OH is 1. The van der Waals surface area contributed by atoms with Crippen molar-refractivity contribution >= 4 is 28.6 Å². The van der Waals surface area contributed by atoms with Crippen molar-refractivity contribution in [1.29, 1.82) is 0 Å². The molecule has 2 heterocycles. The van der Waals surface area contributed by atoms with Crippen molar-refractivity contribution in [1.82, 2.24) is 5.32 Å². The lowest BCUT2D eigenvalue weighted by Crippen LogP contribution is -2.22. The maximum atomic E-state index is 12.0. The van der Waals surface area contributed by atoms with Gasteiger partial charge in [0.1, 0.15) is 0 Å². The van der Waals surface area contributed by atoms with Gasteiger partial charge in [0.25, 0.3) is 5.91 Å². The zero-order valence-corrected chi connectivity index (χ0v) is 12.7. The van der Waals surface area contributed by atoms with Gasteiger partial charge in [0, 0.05) is 18.3 Å². The number of nitrogens with one attached hydrogen (secondary N) is 1. The molecule has 0 aliphatic heterocycles. The van der Waals surface area contributed by atoms with Crippen LogP contribution in [0.5, 0.6) is 0 Å². The van der Waals surface area contributed by atoms with Crippen LogP contribution in [0.3, 0.4) is 0 Å². The second kappa shape index (κ2) is 7.25. The first-order chi connectivity index (χ1) is 9.70. The number of carbonyl (C=O) groups is 1. The molecule has 0 radical (unpaired) electrons. The van der Waals surface area contributed by atoms with Crippen LogP contribution in [0, 0.1) is 18.8 Å². The number of thiophene rings is 2. The number of aryl methyl sites for hydroxylation is 1. The summed E-state index contributed by atoms with van der Waals surface area (Å²) in [5, 5.41) is 17.5. The van der Waals surface area contributed by atoms with Gasteiger partial charge in [-0.05, 0) is 34.9 Å². The molecule has 1 amide bonds. The summed E-state index contributed by atoms with van der Waals surface area (Å²) in [5.74, 6) is 5.69. The highest BCUT2D eigenvalue weighted by Gasteiger charge is 2.08. The van der Waals surface area contributed by atoms with E-state index in [4.69, 9.17) is 5.11 Å². The Labute approximate surface area is 126 Å². The lowest BCUT2D eigenvalue weighted by Gasteiger charge is -2.02. The SMILES string of the molecule is Cc1cscc1CNC(=O)c1csc(C#CCCO)c1. The number of hydrogen-bond acceptors (Lipinski definition) is 4. The van der Waals surface area contributed by atoms with E-state index in [0.29, 0.717) is 18.5 Å². The van der Waals surface area contributed by atoms with Crippen molar-refractivity contribution in [2.75, 3.05) is 6.61 Å². The third-order valence-electron chi connectivity index (χ3n) is 2.71. The molecule has 3 nitrogen and oxygen atoms in total. The first-order valence-electron chi connectivity index (χ1n) is 6.19. The van der Waals surface area contributed by atoms with E-state index >= 15 is 0 Å². The molecule has 0 unspecified atom stereocenters. The van der Waals surface area contributed by atoms with E-state index in [9.17, 15) is 4.79 Å². The van der Waals surface area contributed by atoms with Gasteiger partial charge in [0.05, 0.1) is 17.0 Å². The molecule has 0 fully saturated rings. The molecule has 20 heavy (non-hydrogen) atoms. The quantitative estimate of drug-likeness (QED) is 0.853. The lowest BCUT2D eigenvalue weighted by molar-refractivity contribution is 0.0951. The first kappa shape index (κ1) is 14.8. The van der Waals surface area contributed by atoms with Crippen LogP contribution in [0.25, 0.3) is 0 Å². The first-order valence-corrected chi connectivity index (χ1v) is 8.01. The molecule has 2 aromatic rings.